The fourth-order valence-corrected chi connectivity index (χ4v) is 5.71. The molecule has 1 saturated carbocycles. The van der Waals surface area contributed by atoms with Crippen LogP contribution in [0.25, 0.3) is 0 Å². The average molecular weight is 472 g/mol. The fourth-order valence-electron chi connectivity index (χ4n) is 5.71. The second-order valence-electron chi connectivity index (χ2n) is 12.1. The molecule has 5 heteroatoms. The predicted molar refractivity (Wildman–Crippen MR) is 136 cm³/mol. The third-order valence-corrected chi connectivity index (χ3v) is 7.36. The molecule has 1 aromatic rings. The van der Waals surface area contributed by atoms with Crippen molar-refractivity contribution < 1.29 is 19.1 Å². The first-order chi connectivity index (χ1) is 15.9. The quantitative estimate of drug-likeness (QED) is 0.393. The number of ketones is 1. The lowest BCUT2D eigenvalue weighted by Crippen LogP contribution is -2.51. The lowest BCUT2D eigenvalue weighted by molar-refractivity contribution is -0.0823. The van der Waals surface area contributed by atoms with Crippen LogP contribution in [0, 0.1) is 17.8 Å². The Morgan fingerprint density at radius 1 is 1.09 bits per heavy atom. The summed E-state index contributed by atoms with van der Waals surface area (Å²) in [6.07, 6.45) is 7.16. The van der Waals surface area contributed by atoms with Gasteiger partial charge in [-0.1, -0.05) is 76.3 Å². The maximum Gasteiger partial charge on any atom is 0.412 e. The molecule has 0 spiro atoms. The van der Waals surface area contributed by atoms with Crippen molar-refractivity contribution in [2.75, 3.05) is 0 Å². The highest BCUT2D eigenvalue weighted by atomic mass is 16.6. The summed E-state index contributed by atoms with van der Waals surface area (Å²) >= 11 is 0. The van der Waals surface area contributed by atoms with Crippen molar-refractivity contribution in [1.82, 2.24) is 4.90 Å². The molecular formula is C29H45NO4. The molecule has 1 aliphatic carbocycles. The maximum absolute atomic E-state index is 13.5. The number of amides is 1. The Bertz CT molecular complexity index is 820. The number of rotatable bonds is 7. The standard InChI is InChI=1S/C29H45NO4/c1-20(2)23(26(31)22-16-12-9-13-17-22)19-25-24(18-21-14-10-8-11-15-21)30(29(6,7)33-25)27(32)34-28(3,4)5/h9,12-13,16-17,20-21,23-25H,8,10-11,14-15,18-19H2,1-7H3/t23-,24-,25-/m0/s1. The van der Waals surface area contributed by atoms with E-state index in [0.29, 0.717) is 12.3 Å². The Kier molecular flexibility index (Phi) is 8.49. The number of carbonyl (C=O) groups excluding carboxylic acids is 2. The van der Waals surface area contributed by atoms with Gasteiger partial charge in [-0.3, -0.25) is 9.69 Å². The normalized spacial score (nSPS) is 24.3. The van der Waals surface area contributed by atoms with Crippen LogP contribution in [0.4, 0.5) is 4.79 Å². The molecule has 34 heavy (non-hydrogen) atoms. The summed E-state index contributed by atoms with van der Waals surface area (Å²) in [6, 6.07) is 9.44. The second kappa shape index (κ2) is 10.8. The van der Waals surface area contributed by atoms with Crippen LogP contribution in [-0.4, -0.2) is 40.2 Å². The first-order valence-corrected chi connectivity index (χ1v) is 13.2. The van der Waals surface area contributed by atoms with Gasteiger partial charge in [0.25, 0.3) is 0 Å². The Morgan fingerprint density at radius 3 is 2.26 bits per heavy atom. The van der Waals surface area contributed by atoms with E-state index in [1.54, 1.807) is 0 Å². The van der Waals surface area contributed by atoms with Gasteiger partial charge in [0.05, 0.1) is 12.1 Å². The van der Waals surface area contributed by atoms with Gasteiger partial charge in [0.2, 0.25) is 0 Å². The summed E-state index contributed by atoms with van der Waals surface area (Å²) in [6.45, 7) is 13.8. The summed E-state index contributed by atoms with van der Waals surface area (Å²) in [4.78, 5) is 28.7. The summed E-state index contributed by atoms with van der Waals surface area (Å²) in [5, 5.41) is 0. The third-order valence-electron chi connectivity index (χ3n) is 7.36. The van der Waals surface area contributed by atoms with E-state index in [9.17, 15) is 9.59 Å². The van der Waals surface area contributed by atoms with Crippen LogP contribution in [0.3, 0.4) is 0 Å². The van der Waals surface area contributed by atoms with E-state index < -0.39 is 11.3 Å². The number of hydrogen-bond donors (Lipinski definition) is 0. The van der Waals surface area contributed by atoms with Crippen LogP contribution in [0.1, 0.15) is 104 Å². The molecule has 1 heterocycles. The molecule has 0 radical (unpaired) electrons. The van der Waals surface area contributed by atoms with Crippen LogP contribution in [0.15, 0.2) is 30.3 Å². The SMILES string of the molecule is CC(C)[C@H](C[C@@H]1OC(C)(C)N(C(=O)OC(C)(C)C)[C@H]1CC1CCCCC1)C(=O)c1ccccc1. The first kappa shape index (κ1) is 26.7. The molecule has 1 aromatic carbocycles. The predicted octanol–water partition coefficient (Wildman–Crippen LogP) is 7.24. The Balaban J connectivity index is 1.89. The third kappa shape index (κ3) is 6.62. The number of ether oxygens (including phenoxy) is 2. The smallest absolute Gasteiger partial charge is 0.412 e. The highest BCUT2D eigenvalue weighted by molar-refractivity contribution is 5.98. The molecule has 0 aromatic heterocycles. The number of benzene rings is 1. The molecule has 0 bridgehead atoms. The summed E-state index contributed by atoms with van der Waals surface area (Å²) in [7, 11) is 0. The van der Waals surface area contributed by atoms with Crippen molar-refractivity contribution in [1.29, 1.82) is 0 Å². The molecule has 3 atom stereocenters. The van der Waals surface area contributed by atoms with Gasteiger partial charge < -0.3 is 9.47 Å². The lowest BCUT2D eigenvalue weighted by Gasteiger charge is -2.37. The number of hydrogen-bond acceptors (Lipinski definition) is 4. The van der Waals surface area contributed by atoms with E-state index in [-0.39, 0.29) is 35.9 Å². The Labute approximate surface area is 206 Å². The minimum absolute atomic E-state index is 0.0993. The van der Waals surface area contributed by atoms with E-state index in [4.69, 9.17) is 9.47 Å². The minimum atomic E-state index is -0.788. The molecule has 0 N–H and O–H groups in total. The molecule has 2 fully saturated rings. The molecule has 0 unspecified atom stereocenters. The summed E-state index contributed by atoms with van der Waals surface area (Å²) in [5.41, 5.74) is -0.625. The van der Waals surface area contributed by atoms with Crippen LogP contribution in [0.5, 0.6) is 0 Å². The van der Waals surface area contributed by atoms with Gasteiger partial charge in [-0.25, -0.2) is 4.79 Å². The van der Waals surface area contributed by atoms with Crippen LogP contribution in [0.2, 0.25) is 0 Å². The Morgan fingerprint density at radius 2 is 1.71 bits per heavy atom. The molecule has 1 saturated heterocycles. The van der Waals surface area contributed by atoms with E-state index in [2.05, 4.69) is 13.8 Å². The van der Waals surface area contributed by atoms with Crippen molar-refractivity contribution in [2.24, 2.45) is 17.8 Å². The number of nitrogens with zero attached hydrogens (tertiary/aromatic N) is 1. The van der Waals surface area contributed by atoms with Crippen molar-refractivity contribution in [3.8, 4) is 0 Å². The largest absolute Gasteiger partial charge is 0.444 e. The summed E-state index contributed by atoms with van der Waals surface area (Å²) in [5.74, 6) is 0.733. The van der Waals surface area contributed by atoms with E-state index in [1.165, 1.54) is 32.1 Å². The monoisotopic (exact) mass is 471 g/mol. The van der Waals surface area contributed by atoms with Gasteiger partial charge in [0.1, 0.15) is 11.3 Å². The van der Waals surface area contributed by atoms with E-state index >= 15 is 0 Å². The fraction of sp³-hybridized carbons (Fsp3) is 0.724. The topological polar surface area (TPSA) is 55.8 Å². The minimum Gasteiger partial charge on any atom is -0.444 e. The first-order valence-electron chi connectivity index (χ1n) is 13.2. The van der Waals surface area contributed by atoms with Gasteiger partial charge in [0.15, 0.2) is 5.78 Å². The molecule has 2 aliphatic rings. The molecular weight excluding hydrogens is 426 g/mol. The van der Waals surface area contributed by atoms with Crippen molar-refractivity contribution in [3.63, 3.8) is 0 Å². The van der Waals surface area contributed by atoms with Crippen molar-refractivity contribution in [3.05, 3.63) is 35.9 Å². The van der Waals surface area contributed by atoms with Gasteiger partial charge in [0, 0.05) is 11.5 Å². The molecule has 190 valence electrons. The van der Waals surface area contributed by atoms with Gasteiger partial charge in [-0.2, -0.15) is 0 Å². The van der Waals surface area contributed by atoms with Gasteiger partial charge >= 0.3 is 6.09 Å². The van der Waals surface area contributed by atoms with Crippen molar-refractivity contribution >= 4 is 11.9 Å². The molecule has 1 amide bonds. The lowest BCUT2D eigenvalue weighted by atomic mass is 9.79. The zero-order valence-electron chi connectivity index (χ0n) is 22.3. The van der Waals surface area contributed by atoms with Crippen molar-refractivity contribution in [2.45, 2.75) is 117 Å². The molecule has 5 nitrogen and oxygen atoms in total. The molecule has 3 rings (SSSR count). The summed E-state index contributed by atoms with van der Waals surface area (Å²) < 4.78 is 12.4. The average Bonchev–Trinajstić information content (AvgIpc) is 3.00. The van der Waals surface area contributed by atoms with Gasteiger partial charge in [-0.05, 0) is 59.3 Å². The highest BCUT2D eigenvalue weighted by Crippen LogP contribution is 2.42. The maximum atomic E-state index is 13.5. The van der Waals surface area contributed by atoms with E-state index in [0.717, 1.165) is 12.0 Å². The zero-order chi connectivity index (χ0) is 25.1. The van der Waals surface area contributed by atoms with Crippen LogP contribution < -0.4 is 0 Å². The highest BCUT2D eigenvalue weighted by Gasteiger charge is 2.52. The van der Waals surface area contributed by atoms with Crippen LogP contribution >= 0.6 is 0 Å². The van der Waals surface area contributed by atoms with Crippen LogP contribution in [-0.2, 0) is 9.47 Å². The zero-order valence-corrected chi connectivity index (χ0v) is 22.3. The second-order valence-corrected chi connectivity index (χ2v) is 12.1. The number of carbonyl (C=O) groups is 2. The van der Waals surface area contributed by atoms with Gasteiger partial charge in [-0.15, -0.1) is 0 Å². The number of Topliss-reactive ketones (excluding diaryl/α,β-unsaturated/α-hetero) is 1. The van der Waals surface area contributed by atoms with E-state index in [1.807, 2.05) is 69.9 Å². The Hall–Kier alpha value is -1.88. The molecule has 1 aliphatic heterocycles.